The van der Waals surface area contributed by atoms with Crippen molar-refractivity contribution in [2.24, 2.45) is 0 Å². The molecular weight excluding hydrogens is 1310 g/mol. The molecule has 6 heterocycles. The summed E-state index contributed by atoms with van der Waals surface area (Å²) < 4.78 is 145. The highest BCUT2D eigenvalue weighted by Gasteiger charge is 2.48. The van der Waals surface area contributed by atoms with E-state index in [1.54, 1.807) is 57.7 Å². The highest BCUT2D eigenvalue weighted by molar-refractivity contribution is 7.01. The molecule has 0 unspecified atom stereocenters. The summed E-state index contributed by atoms with van der Waals surface area (Å²) in [5.74, 6) is 0. The standard InChI is InChI=1S/C102H64BN5/c1-7-29-65(30-8-1)71-53-59-91-83(61-71)79-41-19-23-49-87(79)104(91)73-55-57-85-93(63-73)107(98-75(67-33-11-3-12-34-67)45-27-46-76(98)68-35-13-4-14-36-68)101-95-81-43-21-25-51-89(81)106-90-52-26-22-44-82(90)96(100(95)106)102-97(101)103(85)86-58-56-74(105-88-50-24-20-42-80(88)84-62-72(54-60-92(84)105)66-31-9-2-10-32-66)64-94(86)108(102)99-77(69-37-15-5-16-38-69)47-28-48-78(99)70-39-17-6-18-40-70/h1-64H/i19D,20D,23D,24D,41D,42D,49D,50D,53D,54D,59D,60D,61D,62D. The number of nitrogens with zero attached hydrogens (tertiary/aromatic N) is 5. The average molecular weight is 1380 g/mol. The monoisotopic (exact) mass is 1380 g/mol. The molecule has 0 bridgehead atoms. The van der Waals surface area contributed by atoms with Crippen molar-refractivity contribution >= 4 is 139 Å². The third-order valence-electron chi connectivity index (χ3n) is 22.2. The van der Waals surface area contributed by atoms with Crippen molar-refractivity contribution in [3.63, 3.8) is 0 Å². The fourth-order valence-electron chi connectivity index (χ4n) is 17.8. The van der Waals surface area contributed by atoms with Gasteiger partial charge in [-0.3, -0.25) is 0 Å². The zero-order valence-corrected chi connectivity index (χ0v) is 57.7. The average Bonchev–Trinajstić information content (AvgIpc) is 1.41. The molecule has 21 aromatic rings. The van der Waals surface area contributed by atoms with Crippen molar-refractivity contribution < 1.29 is 19.2 Å². The van der Waals surface area contributed by atoms with Crippen LogP contribution in [0.1, 0.15) is 19.2 Å². The molecule has 2 aliphatic heterocycles. The van der Waals surface area contributed by atoms with E-state index in [0.29, 0.717) is 33.9 Å². The van der Waals surface area contributed by atoms with Gasteiger partial charge < -0.3 is 23.3 Å². The molecule has 23 rings (SSSR count). The molecule has 6 heteroatoms. The van der Waals surface area contributed by atoms with Gasteiger partial charge in [0.15, 0.2) is 0 Å². The van der Waals surface area contributed by atoms with Crippen LogP contribution in [-0.2, 0) is 0 Å². The van der Waals surface area contributed by atoms with Gasteiger partial charge >= 0.3 is 0 Å². The number of anilines is 6. The lowest BCUT2D eigenvalue weighted by molar-refractivity contribution is 1.17. The summed E-state index contributed by atoms with van der Waals surface area (Å²) in [5.41, 5.74) is 18.8. The summed E-state index contributed by atoms with van der Waals surface area (Å²) in [5, 5.41) is 3.94. The van der Waals surface area contributed by atoms with Crippen LogP contribution >= 0.6 is 0 Å². The molecule has 17 aromatic carbocycles. The predicted molar refractivity (Wildman–Crippen MR) is 456 cm³/mol. The molecule has 0 atom stereocenters. The van der Waals surface area contributed by atoms with Crippen molar-refractivity contribution in [3.05, 3.63) is 388 Å². The lowest BCUT2D eigenvalue weighted by Gasteiger charge is -2.46. The van der Waals surface area contributed by atoms with Gasteiger partial charge in [0.05, 0.1) is 80.6 Å². The van der Waals surface area contributed by atoms with Crippen LogP contribution in [0, 0.1) is 0 Å². The molecule has 0 aliphatic carbocycles. The minimum Gasteiger partial charge on any atom is -0.309 e. The lowest BCUT2D eigenvalue weighted by atomic mass is 9.33. The van der Waals surface area contributed by atoms with E-state index in [1.165, 1.54) is 0 Å². The molecular formula is C102H64BN5. The van der Waals surface area contributed by atoms with Crippen molar-refractivity contribution in [1.82, 2.24) is 13.5 Å². The predicted octanol–water partition coefficient (Wildman–Crippen LogP) is 25.1. The van der Waals surface area contributed by atoms with E-state index in [-0.39, 0.29) is 91.0 Å². The normalized spacial score (nSPS) is 14.4. The molecule has 500 valence electrons. The van der Waals surface area contributed by atoms with Gasteiger partial charge in [-0.1, -0.05) is 315 Å². The van der Waals surface area contributed by atoms with Crippen molar-refractivity contribution in [1.29, 1.82) is 0 Å². The van der Waals surface area contributed by atoms with Crippen LogP contribution < -0.4 is 26.2 Å². The van der Waals surface area contributed by atoms with E-state index in [0.717, 1.165) is 122 Å². The molecule has 0 fully saturated rings. The smallest absolute Gasteiger partial charge is 0.252 e. The number of fused-ring (bicyclic) bond motifs is 18. The zero-order chi connectivity index (χ0) is 82.8. The number of aromatic nitrogens is 3. The first-order valence-corrected chi connectivity index (χ1v) is 36.3. The van der Waals surface area contributed by atoms with Crippen molar-refractivity contribution in [3.8, 4) is 78.1 Å². The maximum atomic E-state index is 10.4. The Morgan fingerprint density at radius 1 is 0.250 bits per heavy atom. The number of hydrogen-bond donors (Lipinski definition) is 0. The summed E-state index contributed by atoms with van der Waals surface area (Å²) in [7, 11) is 0. The first-order valence-electron chi connectivity index (χ1n) is 43.3. The van der Waals surface area contributed by atoms with E-state index >= 15 is 0 Å². The Morgan fingerprint density at radius 2 is 0.593 bits per heavy atom. The summed E-state index contributed by atoms with van der Waals surface area (Å²) in [4.78, 5) is 4.84. The van der Waals surface area contributed by atoms with Gasteiger partial charge in [0, 0.05) is 88.1 Å². The van der Waals surface area contributed by atoms with Crippen LogP contribution in [0.15, 0.2) is 388 Å². The van der Waals surface area contributed by atoms with Crippen molar-refractivity contribution in [2.45, 2.75) is 0 Å². The molecule has 4 aromatic heterocycles. The van der Waals surface area contributed by atoms with Crippen LogP contribution in [0.25, 0.3) is 160 Å². The van der Waals surface area contributed by atoms with Gasteiger partial charge in [-0.2, -0.15) is 0 Å². The second-order valence-corrected chi connectivity index (χ2v) is 27.8. The zero-order valence-electron chi connectivity index (χ0n) is 71.7. The molecule has 0 N–H and O–H groups in total. The molecule has 0 amide bonds. The third-order valence-corrected chi connectivity index (χ3v) is 22.2. The number of hydrogen-bond acceptors (Lipinski definition) is 2. The van der Waals surface area contributed by atoms with Gasteiger partial charge in [-0.05, 0) is 134 Å². The fourth-order valence-corrected chi connectivity index (χ4v) is 17.8. The fraction of sp³-hybridized carbons (Fsp3) is 0. The Kier molecular flexibility index (Phi) is 10.5. The van der Waals surface area contributed by atoms with E-state index < -0.39 is 55.1 Å². The van der Waals surface area contributed by atoms with Gasteiger partial charge in [-0.15, -0.1) is 0 Å². The van der Waals surface area contributed by atoms with Crippen LogP contribution in [0.5, 0.6) is 0 Å². The van der Waals surface area contributed by atoms with Gasteiger partial charge in [0.2, 0.25) is 0 Å². The van der Waals surface area contributed by atoms with Gasteiger partial charge in [0.25, 0.3) is 6.71 Å². The largest absolute Gasteiger partial charge is 0.309 e. The molecule has 0 saturated carbocycles. The summed E-state index contributed by atoms with van der Waals surface area (Å²) in [6.45, 7) is -0.796. The highest BCUT2D eigenvalue weighted by Crippen LogP contribution is 2.59. The van der Waals surface area contributed by atoms with Crippen LogP contribution in [0.2, 0.25) is 0 Å². The number of rotatable bonds is 10. The summed E-state index contributed by atoms with van der Waals surface area (Å²) in [6.07, 6.45) is 0. The molecule has 108 heavy (non-hydrogen) atoms. The molecule has 0 radical (unpaired) electrons. The topological polar surface area (TPSA) is 20.8 Å². The Balaban J connectivity index is 0.951. The van der Waals surface area contributed by atoms with Gasteiger partial charge in [0.1, 0.15) is 0 Å². The Labute approximate surface area is 644 Å². The second kappa shape index (κ2) is 23.7. The summed E-state index contributed by atoms with van der Waals surface area (Å²) in [6, 6.07) is 96.2. The van der Waals surface area contributed by atoms with Crippen molar-refractivity contribution in [2.75, 3.05) is 9.80 Å². The lowest BCUT2D eigenvalue weighted by Crippen LogP contribution is -2.61. The second-order valence-electron chi connectivity index (χ2n) is 27.8. The quantitative estimate of drug-likeness (QED) is 0.127. The Hall–Kier alpha value is -14.2. The number of para-hydroxylation sites is 6. The maximum Gasteiger partial charge on any atom is 0.252 e. The molecule has 2 aliphatic rings. The molecule has 0 spiro atoms. The van der Waals surface area contributed by atoms with Crippen LogP contribution in [0.4, 0.5) is 34.1 Å². The van der Waals surface area contributed by atoms with E-state index in [1.807, 2.05) is 97.1 Å². The van der Waals surface area contributed by atoms with Crippen LogP contribution in [0.3, 0.4) is 0 Å². The van der Waals surface area contributed by atoms with Crippen LogP contribution in [-0.4, -0.2) is 20.2 Å². The van der Waals surface area contributed by atoms with Gasteiger partial charge in [-0.25, -0.2) is 0 Å². The maximum absolute atomic E-state index is 10.4. The molecule has 0 saturated heterocycles. The Bertz CT molecular complexity index is 7540. The van der Waals surface area contributed by atoms with E-state index in [4.69, 9.17) is 0 Å². The summed E-state index contributed by atoms with van der Waals surface area (Å²) >= 11 is 0. The van der Waals surface area contributed by atoms with E-state index in [9.17, 15) is 19.2 Å². The first kappa shape index (κ1) is 47.9. The van der Waals surface area contributed by atoms with E-state index in [2.05, 4.69) is 172 Å². The number of benzene rings is 17. The SMILES string of the molecule is [2H]c1c([2H])c([2H])c2c(c1[2H])c1c([2H])c(-c3ccccc3)c([2H])c([2H])c1n2-c1ccc2c(c1)N(c1c(-c3ccccc3)cccc1-c1ccccc1)c1c3c(c4c5ccccc5n5c6ccccc6c1c45)N(c1c(-c4ccccc4)cccc1-c1ccccc1)c1cc(-n4c5c([2H])c([2H])c([2H])c([2H])c5c5c([2H])c(-c6ccccc6)c([2H])c([2H])c54)ccc1B23. The first-order chi connectivity index (χ1) is 59.5. The Morgan fingerprint density at radius 3 is 0.981 bits per heavy atom. The molecule has 5 nitrogen and oxygen atoms in total. The third kappa shape index (κ3) is 8.77. The minimum absolute atomic E-state index is 0.0191. The minimum atomic E-state index is -0.796. The highest BCUT2D eigenvalue weighted by atomic mass is 15.2.